The second-order valence-corrected chi connectivity index (χ2v) is 9.19. The maximum absolute atomic E-state index is 12.5. The molecular weight excluding hydrogens is 498 g/mol. The van der Waals surface area contributed by atoms with E-state index in [0.29, 0.717) is 18.4 Å². The highest BCUT2D eigenvalue weighted by Gasteiger charge is 2.25. The molecule has 0 bridgehead atoms. The molecule has 0 radical (unpaired) electrons. The summed E-state index contributed by atoms with van der Waals surface area (Å²) < 4.78 is 31.4. The Morgan fingerprint density at radius 2 is 1.26 bits per heavy atom. The van der Waals surface area contributed by atoms with Crippen molar-refractivity contribution in [3.05, 3.63) is 23.8 Å². The van der Waals surface area contributed by atoms with E-state index in [-0.39, 0.29) is 30.1 Å². The van der Waals surface area contributed by atoms with Crippen LogP contribution in [0, 0.1) is 0 Å². The molecule has 0 aliphatic heterocycles. The van der Waals surface area contributed by atoms with Crippen molar-refractivity contribution in [3.63, 3.8) is 0 Å². The highest BCUT2D eigenvalue weighted by molar-refractivity contribution is 5.76. The van der Waals surface area contributed by atoms with E-state index in [9.17, 15) is 19.2 Å². The van der Waals surface area contributed by atoms with E-state index in [1.165, 1.54) is 19.1 Å². The van der Waals surface area contributed by atoms with Gasteiger partial charge in [0.15, 0.2) is 11.5 Å². The van der Waals surface area contributed by atoms with Crippen molar-refractivity contribution < 1.29 is 47.6 Å². The van der Waals surface area contributed by atoms with Gasteiger partial charge in [0.2, 0.25) is 0 Å². The predicted octanol–water partition coefficient (Wildman–Crippen LogP) is 4.85. The first-order valence-corrected chi connectivity index (χ1v) is 12.9. The Morgan fingerprint density at radius 1 is 0.763 bits per heavy atom. The van der Waals surface area contributed by atoms with Gasteiger partial charge >= 0.3 is 24.2 Å². The summed E-state index contributed by atoms with van der Waals surface area (Å²) in [6.07, 6.45) is -1.07. The van der Waals surface area contributed by atoms with Crippen molar-refractivity contribution in [1.29, 1.82) is 0 Å². The summed E-state index contributed by atoms with van der Waals surface area (Å²) in [6.45, 7) is 11.8. The lowest BCUT2D eigenvalue weighted by Gasteiger charge is -2.22. The average Bonchev–Trinajstić information content (AvgIpc) is 2.80. The van der Waals surface area contributed by atoms with E-state index in [1.54, 1.807) is 33.8 Å². The number of nitrogens with two attached hydrogens (primary N) is 1. The average molecular weight is 540 g/mol. The minimum atomic E-state index is -1.07. The van der Waals surface area contributed by atoms with Gasteiger partial charge in [-0.05, 0) is 64.7 Å². The molecule has 0 saturated carbocycles. The van der Waals surface area contributed by atoms with E-state index in [0.717, 1.165) is 12.8 Å². The van der Waals surface area contributed by atoms with Crippen LogP contribution in [0.25, 0.3) is 0 Å². The zero-order valence-corrected chi connectivity index (χ0v) is 23.3. The Morgan fingerprint density at radius 3 is 1.76 bits per heavy atom. The number of hydrogen-bond acceptors (Lipinski definition) is 11. The summed E-state index contributed by atoms with van der Waals surface area (Å²) in [5, 5.41) is 0. The lowest BCUT2D eigenvalue weighted by molar-refractivity contribution is -0.164. The van der Waals surface area contributed by atoms with Gasteiger partial charge in [0.25, 0.3) is 0 Å². The minimum absolute atomic E-state index is 0.0173. The molecule has 0 aromatic heterocycles. The smallest absolute Gasteiger partial charge is 0.459 e. The van der Waals surface area contributed by atoms with E-state index >= 15 is 0 Å². The third-order valence-corrected chi connectivity index (χ3v) is 5.45. The molecule has 0 saturated heterocycles. The molecule has 1 aromatic carbocycles. The highest BCUT2D eigenvalue weighted by Crippen LogP contribution is 2.30. The lowest BCUT2D eigenvalue weighted by Crippen LogP contribution is -2.39. The number of ether oxygens (including phenoxy) is 6. The van der Waals surface area contributed by atoms with Crippen LogP contribution in [0.4, 0.5) is 9.59 Å². The normalized spacial score (nSPS) is 14.7. The van der Waals surface area contributed by atoms with E-state index < -0.39 is 42.5 Å². The topological polar surface area (TPSA) is 150 Å². The SMILES string of the molecule is CCCC(C)OC(=O)Oc1ccc(C[C@H](N)C(=O)O[C@@H](C)[C@H](C)OC(C)=O)cc1OC(=O)OC(C)CCC. The second-order valence-electron chi connectivity index (χ2n) is 9.19. The van der Waals surface area contributed by atoms with Gasteiger partial charge in [0.1, 0.15) is 30.5 Å². The predicted molar refractivity (Wildman–Crippen MR) is 138 cm³/mol. The van der Waals surface area contributed by atoms with Gasteiger partial charge in [0, 0.05) is 6.92 Å². The maximum Gasteiger partial charge on any atom is 0.514 e. The fourth-order valence-electron chi connectivity index (χ4n) is 3.39. The molecule has 38 heavy (non-hydrogen) atoms. The lowest BCUT2D eigenvalue weighted by atomic mass is 10.1. The van der Waals surface area contributed by atoms with Crippen LogP contribution in [0.15, 0.2) is 18.2 Å². The van der Waals surface area contributed by atoms with Crippen molar-refractivity contribution in [2.45, 2.75) is 111 Å². The first-order valence-electron chi connectivity index (χ1n) is 12.9. The van der Waals surface area contributed by atoms with Gasteiger partial charge in [0.05, 0.1) is 0 Å². The van der Waals surface area contributed by atoms with Crippen molar-refractivity contribution in [2.24, 2.45) is 5.73 Å². The summed E-state index contributed by atoms with van der Waals surface area (Å²) >= 11 is 0. The number of carbonyl (C=O) groups excluding carboxylic acids is 4. The molecule has 214 valence electrons. The molecule has 11 heteroatoms. The molecule has 1 rings (SSSR count). The van der Waals surface area contributed by atoms with Crippen LogP contribution in [-0.2, 0) is 35.0 Å². The zero-order chi connectivity index (χ0) is 28.8. The minimum Gasteiger partial charge on any atom is -0.459 e. The van der Waals surface area contributed by atoms with Gasteiger partial charge in [-0.15, -0.1) is 0 Å². The summed E-state index contributed by atoms with van der Waals surface area (Å²) in [6, 6.07) is 3.32. The summed E-state index contributed by atoms with van der Waals surface area (Å²) in [5.74, 6) is -1.37. The first-order chi connectivity index (χ1) is 17.9. The highest BCUT2D eigenvalue weighted by atomic mass is 16.7. The largest absolute Gasteiger partial charge is 0.514 e. The van der Waals surface area contributed by atoms with Crippen LogP contribution < -0.4 is 15.2 Å². The summed E-state index contributed by atoms with van der Waals surface area (Å²) in [7, 11) is 0. The maximum atomic E-state index is 12.5. The first kappa shape index (κ1) is 32.7. The summed E-state index contributed by atoms with van der Waals surface area (Å²) in [4.78, 5) is 48.2. The molecule has 0 fully saturated rings. The molecule has 0 aliphatic rings. The Bertz CT molecular complexity index is 934. The fourth-order valence-corrected chi connectivity index (χ4v) is 3.39. The molecule has 0 amide bonds. The molecule has 2 unspecified atom stereocenters. The number of esters is 2. The quantitative estimate of drug-likeness (QED) is 0.196. The van der Waals surface area contributed by atoms with Gasteiger partial charge in [-0.25, -0.2) is 9.59 Å². The Labute approximate surface area is 224 Å². The van der Waals surface area contributed by atoms with Crippen LogP contribution in [0.2, 0.25) is 0 Å². The summed E-state index contributed by atoms with van der Waals surface area (Å²) in [5.41, 5.74) is 6.53. The van der Waals surface area contributed by atoms with Crippen LogP contribution in [0.3, 0.4) is 0 Å². The van der Waals surface area contributed by atoms with Crippen molar-refractivity contribution in [3.8, 4) is 11.5 Å². The molecular formula is C27H41NO10. The van der Waals surface area contributed by atoms with Crippen molar-refractivity contribution >= 4 is 24.2 Å². The standard InChI is InChI=1S/C27H41NO10/c1-8-10-16(3)33-26(31)37-23-13-12-21(15-24(23)38-27(32)34-17(4)11-9-2)14-22(28)25(30)36-19(6)18(5)35-20(7)29/h12-13,15-19,22H,8-11,14,28H2,1-7H3/t16?,17?,18-,19-,22-/m0/s1. The number of carbonyl (C=O) groups is 4. The monoisotopic (exact) mass is 539 g/mol. The van der Waals surface area contributed by atoms with Gasteiger partial charge in [-0.2, -0.15) is 0 Å². The van der Waals surface area contributed by atoms with E-state index in [2.05, 4.69) is 0 Å². The molecule has 1 aromatic rings. The van der Waals surface area contributed by atoms with E-state index in [4.69, 9.17) is 34.2 Å². The Hall–Kier alpha value is -3.34. The number of hydrogen-bond donors (Lipinski definition) is 1. The molecule has 0 aliphatic carbocycles. The van der Waals surface area contributed by atoms with Crippen LogP contribution in [0.1, 0.15) is 79.7 Å². The van der Waals surface area contributed by atoms with Gasteiger partial charge in [-0.1, -0.05) is 32.8 Å². The molecule has 0 heterocycles. The van der Waals surface area contributed by atoms with Crippen LogP contribution in [-0.4, -0.2) is 54.7 Å². The Kier molecular flexibility index (Phi) is 14.2. The van der Waals surface area contributed by atoms with Gasteiger partial charge < -0.3 is 34.2 Å². The zero-order valence-electron chi connectivity index (χ0n) is 23.3. The van der Waals surface area contributed by atoms with Crippen LogP contribution >= 0.6 is 0 Å². The van der Waals surface area contributed by atoms with E-state index in [1.807, 2.05) is 13.8 Å². The van der Waals surface area contributed by atoms with Crippen LogP contribution in [0.5, 0.6) is 11.5 Å². The molecule has 11 nitrogen and oxygen atoms in total. The number of benzene rings is 1. The van der Waals surface area contributed by atoms with Crippen molar-refractivity contribution in [2.75, 3.05) is 0 Å². The third-order valence-electron chi connectivity index (χ3n) is 5.45. The van der Waals surface area contributed by atoms with Gasteiger partial charge in [-0.3, -0.25) is 9.59 Å². The van der Waals surface area contributed by atoms with Crippen molar-refractivity contribution in [1.82, 2.24) is 0 Å². The third kappa shape index (κ3) is 12.3. The second kappa shape index (κ2) is 16.5. The fraction of sp³-hybridized carbons (Fsp3) is 0.630. The molecule has 0 spiro atoms. The number of rotatable bonds is 14. The Balaban J connectivity index is 3.01. The molecule has 5 atom stereocenters. The molecule has 2 N–H and O–H groups in total.